The fourth-order valence-corrected chi connectivity index (χ4v) is 1.90. The van der Waals surface area contributed by atoms with Gasteiger partial charge in [0.1, 0.15) is 6.04 Å². The number of nitrogens with two attached hydrogens (primary N) is 1. The fraction of sp³-hybridized carbons (Fsp3) is 0.364. The van der Waals surface area contributed by atoms with E-state index in [-0.39, 0.29) is 6.61 Å². The second kappa shape index (κ2) is 7.37. The summed E-state index contributed by atoms with van der Waals surface area (Å²) in [4.78, 5) is 20.4. The van der Waals surface area contributed by atoms with E-state index in [9.17, 15) is 14.3 Å². The van der Waals surface area contributed by atoms with Gasteiger partial charge in [0.2, 0.25) is 0 Å². The van der Waals surface area contributed by atoms with E-state index < -0.39 is 26.4 Å². The predicted octanol–water partition coefficient (Wildman–Crippen LogP) is 0.820. The molecule has 3 N–H and O–H groups in total. The van der Waals surface area contributed by atoms with E-state index in [0.717, 1.165) is 12.7 Å². The van der Waals surface area contributed by atoms with Crippen molar-refractivity contribution in [3.05, 3.63) is 35.9 Å². The first kappa shape index (κ1) is 15.8. The molecule has 7 nitrogen and oxygen atoms in total. The lowest BCUT2D eigenvalue weighted by Crippen LogP contribution is -2.35. The molecule has 0 heterocycles. The fourth-order valence-electron chi connectivity index (χ4n) is 1.16. The summed E-state index contributed by atoms with van der Waals surface area (Å²) in [6.07, 6.45) is 0. The zero-order chi connectivity index (χ0) is 14.3. The highest BCUT2D eigenvalue weighted by atomic mass is 31.2. The number of phosphoric acid groups is 1. The number of carbonyl (C=O) groups is 1. The van der Waals surface area contributed by atoms with Crippen LogP contribution < -0.4 is 5.73 Å². The zero-order valence-corrected chi connectivity index (χ0v) is 11.3. The first-order valence-electron chi connectivity index (χ1n) is 5.44. The van der Waals surface area contributed by atoms with Crippen molar-refractivity contribution in [2.45, 2.75) is 12.6 Å². The maximum Gasteiger partial charge on any atom is 0.472 e. The molecule has 0 aliphatic heterocycles. The monoisotopic (exact) mass is 289 g/mol. The zero-order valence-electron chi connectivity index (χ0n) is 10.4. The Kier molecular flexibility index (Phi) is 6.14. The van der Waals surface area contributed by atoms with Gasteiger partial charge >= 0.3 is 13.8 Å². The van der Waals surface area contributed by atoms with Crippen LogP contribution in [-0.2, 0) is 29.8 Å². The second-order valence-corrected chi connectivity index (χ2v) is 5.11. The molecule has 0 amide bonds. The summed E-state index contributed by atoms with van der Waals surface area (Å²) < 4.78 is 25.2. The van der Waals surface area contributed by atoms with E-state index in [0.29, 0.717) is 0 Å². The minimum atomic E-state index is -4.25. The van der Waals surface area contributed by atoms with Crippen molar-refractivity contribution in [2.75, 3.05) is 13.7 Å². The Balaban J connectivity index is 2.40. The highest BCUT2D eigenvalue weighted by Gasteiger charge is 2.25. The summed E-state index contributed by atoms with van der Waals surface area (Å²) >= 11 is 0. The lowest BCUT2D eigenvalue weighted by atomic mass is 10.2. The Morgan fingerprint density at radius 2 is 2.00 bits per heavy atom. The van der Waals surface area contributed by atoms with Gasteiger partial charge in [-0.25, -0.2) is 4.57 Å². The van der Waals surface area contributed by atoms with E-state index >= 15 is 0 Å². The molecule has 0 saturated carbocycles. The van der Waals surface area contributed by atoms with E-state index in [2.05, 4.69) is 9.26 Å². The smallest absolute Gasteiger partial charge is 0.468 e. The molecule has 1 aromatic rings. The first-order valence-corrected chi connectivity index (χ1v) is 6.93. The largest absolute Gasteiger partial charge is 0.472 e. The van der Waals surface area contributed by atoms with Gasteiger partial charge in [0.15, 0.2) is 0 Å². The molecule has 0 radical (unpaired) electrons. The third-order valence-electron chi connectivity index (χ3n) is 2.16. The third kappa shape index (κ3) is 5.96. The third-order valence-corrected chi connectivity index (χ3v) is 3.09. The van der Waals surface area contributed by atoms with Crippen molar-refractivity contribution in [3.8, 4) is 0 Å². The molecule has 106 valence electrons. The van der Waals surface area contributed by atoms with Gasteiger partial charge in [-0.2, -0.15) is 0 Å². The van der Waals surface area contributed by atoms with E-state index in [1.165, 1.54) is 0 Å². The van der Waals surface area contributed by atoms with E-state index in [4.69, 9.17) is 10.3 Å². The van der Waals surface area contributed by atoms with Gasteiger partial charge < -0.3 is 15.4 Å². The first-order chi connectivity index (χ1) is 8.94. The van der Waals surface area contributed by atoms with Crippen LogP contribution in [0.1, 0.15) is 5.56 Å². The molecule has 0 aromatic heterocycles. The minimum absolute atomic E-state index is 0.0813. The van der Waals surface area contributed by atoms with Crippen LogP contribution >= 0.6 is 7.82 Å². The van der Waals surface area contributed by atoms with Crippen LogP contribution in [0.3, 0.4) is 0 Å². The molecular weight excluding hydrogens is 273 g/mol. The molecule has 0 fully saturated rings. The van der Waals surface area contributed by atoms with Gasteiger partial charge in [-0.1, -0.05) is 30.3 Å². The summed E-state index contributed by atoms with van der Waals surface area (Å²) in [5, 5.41) is 0. The summed E-state index contributed by atoms with van der Waals surface area (Å²) in [5.41, 5.74) is 6.07. The summed E-state index contributed by atoms with van der Waals surface area (Å²) in [7, 11) is -3.09. The normalized spacial score (nSPS) is 15.5. The lowest BCUT2D eigenvalue weighted by molar-refractivity contribution is -0.142. The van der Waals surface area contributed by atoms with Crippen LogP contribution in [-0.4, -0.2) is 30.6 Å². The molecule has 0 bridgehead atoms. The number of carbonyl (C=O) groups excluding carboxylic acids is 1. The van der Waals surface area contributed by atoms with Crippen molar-refractivity contribution in [1.82, 2.24) is 0 Å². The molecule has 0 spiro atoms. The van der Waals surface area contributed by atoms with Crippen molar-refractivity contribution in [3.63, 3.8) is 0 Å². The van der Waals surface area contributed by atoms with Crippen LogP contribution in [0, 0.1) is 0 Å². The van der Waals surface area contributed by atoms with Gasteiger partial charge in [0.05, 0.1) is 20.3 Å². The molecule has 19 heavy (non-hydrogen) atoms. The van der Waals surface area contributed by atoms with Crippen molar-refractivity contribution < 1.29 is 28.0 Å². The van der Waals surface area contributed by atoms with Gasteiger partial charge in [-0.05, 0) is 5.56 Å². The highest BCUT2D eigenvalue weighted by molar-refractivity contribution is 7.47. The standard InChI is InChI=1S/C11H16NO6P/c1-16-11(13)10(12)8-18-19(14,15)17-7-9-5-3-2-4-6-9/h2-6,10H,7-8,12H2,1H3,(H,14,15)/t10-/m0/s1. The number of hydrogen-bond donors (Lipinski definition) is 2. The Bertz CT molecular complexity index is 452. The molecule has 1 aromatic carbocycles. The molecule has 1 rings (SSSR count). The number of hydrogen-bond acceptors (Lipinski definition) is 6. The number of phosphoric ester groups is 1. The average molecular weight is 289 g/mol. The van der Waals surface area contributed by atoms with Crippen LogP contribution in [0.25, 0.3) is 0 Å². The van der Waals surface area contributed by atoms with Crippen LogP contribution in [0.4, 0.5) is 0 Å². The van der Waals surface area contributed by atoms with Gasteiger partial charge in [-0.15, -0.1) is 0 Å². The van der Waals surface area contributed by atoms with Gasteiger partial charge in [0, 0.05) is 0 Å². The average Bonchev–Trinajstić information content (AvgIpc) is 2.43. The molecule has 8 heteroatoms. The van der Waals surface area contributed by atoms with Crippen molar-refractivity contribution >= 4 is 13.8 Å². The number of rotatable bonds is 7. The quantitative estimate of drug-likeness (QED) is 0.565. The molecule has 0 saturated heterocycles. The number of esters is 1. The Morgan fingerprint density at radius 1 is 1.37 bits per heavy atom. The summed E-state index contributed by atoms with van der Waals surface area (Å²) in [6.45, 7) is -0.544. The molecule has 0 aliphatic carbocycles. The van der Waals surface area contributed by atoms with Gasteiger partial charge in [-0.3, -0.25) is 13.8 Å². The van der Waals surface area contributed by atoms with Crippen LogP contribution in [0.5, 0.6) is 0 Å². The van der Waals surface area contributed by atoms with Crippen molar-refractivity contribution in [2.24, 2.45) is 5.73 Å². The summed E-state index contributed by atoms with van der Waals surface area (Å²) in [5.74, 6) is -0.733. The topological polar surface area (TPSA) is 108 Å². The van der Waals surface area contributed by atoms with Crippen LogP contribution in [0.15, 0.2) is 30.3 Å². The molecule has 0 aliphatic rings. The second-order valence-electron chi connectivity index (χ2n) is 3.65. The van der Waals surface area contributed by atoms with Crippen molar-refractivity contribution in [1.29, 1.82) is 0 Å². The predicted molar refractivity (Wildman–Crippen MR) is 67.0 cm³/mol. The lowest BCUT2D eigenvalue weighted by Gasteiger charge is -2.14. The molecular formula is C11H16NO6P. The van der Waals surface area contributed by atoms with Crippen LogP contribution in [0.2, 0.25) is 0 Å². The SMILES string of the molecule is COC(=O)[C@@H](N)COP(=O)(O)OCc1ccccc1. The maximum absolute atomic E-state index is 11.5. The minimum Gasteiger partial charge on any atom is -0.468 e. The molecule has 2 atom stereocenters. The Morgan fingerprint density at radius 3 is 2.58 bits per heavy atom. The van der Waals surface area contributed by atoms with E-state index in [1.54, 1.807) is 24.3 Å². The van der Waals surface area contributed by atoms with E-state index in [1.807, 2.05) is 6.07 Å². The number of benzene rings is 1. The van der Waals surface area contributed by atoms with Gasteiger partial charge in [0.25, 0.3) is 0 Å². The Hall–Kier alpha value is -1.24. The maximum atomic E-state index is 11.5. The number of methoxy groups -OCH3 is 1. The Labute approximate surface area is 110 Å². The number of ether oxygens (including phenoxy) is 1. The highest BCUT2D eigenvalue weighted by Crippen LogP contribution is 2.44. The summed E-state index contributed by atoms with van der Waals surface area (Å²) in [6, 6.07) is 7.70. The molecule has 1 unspecified atom stereocenters.